The minimum Gasteiger partial charge on any atom is -0.383 e. The summed E-state index contributed by atoms with van der Waals surface area (Å²) in [4.78, 5) is 0. The molecule has 0 aliphatic rings. The average molecular weight is 408 g/mol. The predicted molar refractivity (Wildman–Crippen MR) is 80.0 cm³/mol. The molecule has 0 spiro atoms. The summed E-state index contributed by atoms with van der Waals surface area (Å²) in [6.45, 7) is 0.972. The van der Waals surface area contributed by atoms with E-state index >= 15 is 0 Å². The van der Waals surface area contributed by atoms with Gasteiger partial charge in [0.05, 0.1) is 34.0 Å². The van der Waals surface area contributed by atoms with Crippen molar-refractivity contribution in [2.24, 2.45) is 0 Å². The van der Waals surface area contributed by atoms with Crippen molar-refractivity contribution in [3.8, 4) is 0 Å². The van der Waals surface area contributed by atoms with Crippen molar-refractivity contribution in [1.29, 1.82) is 0 Å². The molecule has 1 aromatic carbocycles. The van der Waals surface area contributed by atoms with Crippen molar-refractivity contribution < 1.29 is 14.2 Å². The molecule has 4 nitrogen and oxygen atoms in total. The van der Waals surface area contributed by atoms with Crippen molar-refractivity contribution in [3.05, 3.63) is 50.4 Å². The van der Waals surface area contributed by atoms with E-state index in [2.05, 4.69) is 37.0 Å². The number of ether oxygens (including phenoxy) is 1. The van der Waals surface area contributed by atoms with E-state index in [1.54, 1.807) is 30.1 Å². The molecule has 0 bridgehead atoms. The number of methoxy groups -OCH3 is 1. The van der Waals surface area contributed by atoms with Crippen LogP contribution < -0.4 is 0 Å². The van der Waals surface area contributed by atoms with Crippen LogP contribution in [0.2, 0.25) is 0 Å². The van der Waals surface area contributed by atoms with Crippen LogP contribution in [0.3, 0.4) is 0 Å². The lowest BCUT2D eigenvalue weighted by molar-refractivity contribution is 0.170. The Hall–Kier alpha value is -0.760. The van der Waals surface area contributed by atoms with Crippen LogP contribution in [0.25, 0.3) is 0 Å². The van der Waals surface area contributed by atoms with Gasteiger partial charge < -0.3 is 9.84 Å². The van der Waals surface area contributed by atoms with Gasteiger partial charge in [-0.3, -0.25) is 4.68 Å². The molecule has 1 heterocycles. The SMILES string of the molecule is COCCn1ncc(Br)c1C(O)c1cccc(F)c1Br. The number of benzene rings is 1. The molecule has 0 aliphatic heterocycles. The Morgan fingerprint density at radius 1 is 1.45 bits per heavy atom. The summed E-state index contributed by atoms with van der Waals surface area (Å²) in [6, 6.07) is 4.55. The van der Waals surface area contributed by atoms with Crippen LogP contribution in [0.5, 0.6) is 0 Å². The molecule has 20 heavy (non-hydrogen) atoms. The maximum Gasteiger partial charge on any atom is 0.137 e. The molecular weight excluding hydrogens is 395 g/mol. The first-order valence-corrected chi connectivity index (χ1v) is 7.47. The highest BCUT2D eigenvalue weighted by atomic mass is 79.9. The maximum atomic E-state index is 13.6. The van der Waals surface area contributed by atoms with E-state index in [1.807, 2.05) is 0 Å². The first kappa shape index (κ1) is 15.6. The van der Waals surface area contributed by atoms with Crippen LogP contribution >= 0.6 is 31.9 Å². The molecule has 0 aliphatic carbocycles. The van der Waals surface area contributed by atoms with Gasteiger partial charge in [-0.15, -0.1) is 0 Å². The van der Waals surface area contributed by atoms with Crippen LogP contribution in [0.15, 0.2) is 33.3 Å². The van der Waals surface area contributed by atoms with Crippen molar-refractivity contribution in [1.82, 2.24) is 9.78 Å². The summed E-state index contributed by atoms with van der Waals surface area (Å²) in [5.74, 6) is -0.416. The third-order valence-electron chi connectivity index (χ3n) is 2.88. The largest absolute Gasteiger partial charge is 0.383 e. The Balaban J connectivity index is 2.40. The van der Waals surface area contributed by atoms with Gasteiger partial charge in [0.1, 0.15) is 11.9 Å². The molecule has 2 aromatic rings. The fraction of sp³-hybridized carbons (Fsp3) is 0.308. The van der Waals surface area contributed by atoms with Crippen molar-refractivity contribution in [2.45, 2.75) is 12.6 Å². The molecule has 1 N–H and O–H groups in total. The number of nitrogens with zero attached hydrogens (tertiary/aromatic N) is 2. The number of hydrogen-bond donors (Lipinski definition) is 1. The lowest BCUT2D eigenvalue weighted by Crippen LogP contribution is -2.14. The van der Waals surface area contributed by atoms with E-state index in [1.165, 1.54) is 6.07 Å². The highest BCUT2D eigenvalue weighted by molar-refractivity contribution is 9.10. The second-order valence-corrected chi connectivity index (χ2v) is 5.79. The van der Waals surface area contributed by atoms with Gasteiger partial charge in [0.2, 0.25) is 0 Å². The molecule has 1 atom stereocenters. The maximum absolute atomic E-state index is 13.6. The molecule has 1 unspecified atom stereocenters. The zero-order chi connectivity index (χ0) is 14.7. The highest BCUT2D eigenvalue weighted by Crippen LogP contribution is 2.33. The number of aliphatic hydroxyl groups is 1. The van der Waals surface area contributed by atoms with Crippen LogP contribution in [-0.4, -0.2) is 28.6 Å². The van der Waals surface area contributed by atoms with Crippen LogP contribution in [0.1, 0.15) is 17.4 Å². The number of rotatable bonds is 5. The van der Waals surface area contributed by atoms with E-state index in [0.29, 0.717) is 28.9 Å². The summed E-state index contributed by atoms with van der Waals surface area (Å²) >= 11 is 6.52. The quantitative estimate of drug-likeness (QED) is 0.827. The Bertz CT molecular complexity index is 604. The third-order valence-corrected chi connectivity index (χ3v) is 4.32. The predicted octanol–water partition coefficient (Wildman–Crippen LogP) is 3.28. The van der Waals surface area contributed by atoms with E-state index in [4.69, 9.17) is 4.74 Å². The summed E-state index contributed by atoms with van der Waals surface area (Å²) in [7, 11) is 1.60. The van der Waals surface area contributed by atoms with Crippen LogP contribution in [0, 0.1) is 5.82 Å². The summed E-state index contributed by atoms with van der Waals surface area (Å²) in [6.07, 6.45) is 0.607. The molecule has 7 heteroatoms. The molecule has 0 saturated heterocycles. The topological polar surface area (TPSA) is 47.3 Å². The molecule has 2 rings (SSSR count). The van der Waals surface area contributed by atoms with Gasteiger partial charge in [-0.05, 0) is 37.9 Å². The van der Waals surface area contributed by atoms with Crippen LogP contribution in [-0.2, 0) is 11.3 Å². The van der Waals surface area contributed by atoms with E-state index in [9.17, 15) is 9.50 Å². The zero-order valence-corrected chi connectivity index (χ0v) is 13.9. The standard InChI is InChI=1S/C13H13Br2FN2O2/c1-20-6-5-18-12(9(14)7-17-18)13(19)8-3-2-4-10(16)11(8)15/h2-4,7,13,19H,5-6H2,1H3. The van der Waals surface area contributed by atoms with Crippen LogP contribution in [0.4, 0.5) is 4.39 Å². The van der Waals surface area contributed by atoms with Gasteiger partial charge in [0.25, 0.3) is 0 Å². The fourth-order valence-electron chi connectivity index (χ4n) is 1.88. The summed E-state index contributed by atoms with van der Waals surface area (Å²) < 4.78 is 21.1. The Kier molecular flexibility index (Phi) is 5.31. The molecule has 0 radical (unpaired) electrons. The molecule has 108 valence electrons. The van der Waals surface area contributed by atoms with E-state index in [-0.39, 0.29) is 4.47 Å². The fourth-order valence-corrected chi connectivity index (χ4v) is 2.87. The van der Waals surface area contributed by atoms with Gasteiger partial charge >= 0.3 is 0 Å². The highest BCUT2D eigenvalue weighted by Gasteiger charge is 2.22. The number of aliphatic hydroxyl groups excluding tert-OH is 1. The lowest BCUT2D eigenvalue weighted by Gasteiger charge is -2.16. The molecular formula is C13H13Br2FN2O2. The van der Waals surface area contributed by atoms with Gasteiger partial charge in [-0.1, -0.05) is 12.1 Å². The number of aromatic nitrogens is 2. The normalized spacial score (nSPS) is 12.7. The Morgan fingerprint density at radius 2 is 2.20 bits per heavy atom. The monoisotopic (exact) mass is 406 g/mol. The minimum absolute atomic E-state index is 0.249. The van der Waals surface area contributed by atoms with Gasteiger partial charge in [-0.2, -0.15) is 5.10 Å². The Morgan fingerprint density at radius 3 is 2.90 bits per heavy atom. The second kappa shape index (κ2) is 6.80. The molecule has 0 fully saturated rings. The smallest absolute Gasteiger partial charge is 0.137 e. The molecule has 0 amide bonds. The van der Waals surface area contributed by atoms with Crippen molar-refractivity contribution in [2.75, 3.05) is 13.7 Å². The van der Waals surface area contributed by atoms with E-state index in [0.717, 1.165) is 0 Å². The van der Waals surface area contributed by atoms with Gasteiger partial charge in [0.15, 0.2) is 0 Å². The Labute approximate surface area is 132 Å². The third kappa shape index (κ3) is 3.11. The van der Waals surface area contributed by atoms with Gasteiger partial charge in [0, 0.05) is 12.7 Å². The van der Waals surface area contributed by atoms with Gasteiger partial charge in [-0.25, -0.2) is 4.39 Å². The summed E-state index contributed by atoms with van der Waals surface area (Å²) in [5.41, 5.74) is 1.01. The number of hydrogen-bond acceptors (Lipinski definition) is 3. The first-order valence-electron chi connectivity index (χ1n) is 5.88. The lowest BCUT2D eigenvalue weighted by atomic mass is 10.1. The first-order chi connectivity index (χ1) is 9.56. The van der Waals surface area contributed by atoms with E-state index < -0.39 is 11.9 Å². The summed E-state index contributed by atoms with van der Waals surface area (Å²) in [5, 5.41) is 14.7. The molecule has 1 aromatic heterocycles. The van der Waals surface area contributed by atoms with Crippen molar-refractivity contribution in [3.63, 3.8) is 0 Å². The number of halogens is 3. The molecule has 0 saturated carbocycles. The second-order valence-electron chi connectivity index (χ2n) is 4.14. The van der Waals surface area contributed by atoms with Crippen molar-refractivity contribution >= 4 is 31.9 Å². The minimum atomic E-state index is -0.992. The average Bonchev–Trinajstić information content (AvgIpc) is 2.80. The zero-order valence-electron chi connectivity index (χ0n) is 10.7.